The lowest BCUT2D eigenvalue weighted by Gasteiger charge is -2.37. The van der Waals surface area contributed by atoms with E-state index in [1.807, 2.05) is 0 Å². The average Bonchev–Trinajstić information content (AvgIpc) is 2.49. The van der Waals surface area contributed by atoms with E-state index in [4.69, 9.17) is 16.7 Å². The van der Waals surface area contributed by atoms with E-state index in [2.05, 4.69) is 5.32 Å². The molecule has 0 radical (unpaired) electrons. The van der Waals surface area contributed by atoms with Gasteiger partial charge in [0, 0.05) is 17.3 Å². The minimum Gasteiger partial charge on any atom is -0.480 e. The van der Waals surface area contributed by atoms with Crippen molar-refractivity contribution in [2.75, 3.05) is 6.54 Å². The molecule has 0 aliphatic carbocycles. The average molecular weight is 327 g/mol. The van der Waals surface area contributed by atoms with Crippen molar-refractivity contribution in [3.05, 3.63) is 40.8 Å². The molecule has 2 rings (SSSR count). The Balaban J connectivity index is 2.48. The third-order valence-electron chi connectivity index (χ3n) is 3.28. The fraction of sp³-hybridized carbons (Fsp3) is 0.214. The van der Waals surface area contributed by atoms with Crippen LogP contribution in [0.4, 0.5) is 4.39 Å². The second-order valence-corrected chi connectivity index (χ2v) is 4.97. The molecule has 2 atom stereocenters. The van der Waals surface area contributed by atoms with Crippen molar-refractivity contribution in [3.8, 4) is 0 Å². The molecule has 2 unspecified atom stereocenters. The smallest absolute Gasteiger partial charge is 0.317 e. The van der Waals surface area contributed by atoms with Gasteiger partial charge in [0.1, 0.15) is 18.3 Å². The molecule has 6 nitrogen and oxygen atoms in total. The van der Waals surface area contributed by atoms with Crippen LogP contribution in [0.3, 0.4) is 0 Å². The zero-order valence-corrected chi connectivity index (χ0v) is 12.0. The van der Waals surface area contributed by atoms with Gasteiger partial charge in [-0.25, -0.2) is 4.39 Å². The number of hydrogen-bond donors (Lipinski definition) is 2. The van der Waals surface area contributed by atoms with Gasteiger partial charge in [-0.1, -0.05) is 23.7 Å². The predicted octanol–water partition coefficient (Wildman–Crippen LogP) is 0.902. The number of carbonyl (C=O) groups is 3. The van der Waals surface area contributed by atoms with Crippen molar-refractivity contribution >= 4 is 35.7 Å². The third kappa shape index (κ3) is 3.00. The Morgan fingerprint density at radius 1 is 1.41 bits per heavy atom. The normalized spacial score (nSPS) is 21.6. The van der Waals surface area contributed by atoms with Crippen LogP contribution in [0.15, 0.2) is 24.4 Å². The van der Waals surface area contributed by atoms with Crippen LogP contribution in [-0.2, 0) is 14.4 Å². The van der Waals surface area contributed by atoms with E-state index in [-0.39, 0.29) is 10.6 Å². The van der Waals surface area contributed by atoms with Crippen molar-refractivity contribution in [2.24, 2.45) is 0 Å². The van der Waals surface area contributed by atoms with Crippen LogP contribution in [0.2, 0.25) is 5.02 Å². The van der Waals surface area contributed by atoms with E-state index < -0.39 is 30.5 Å². The van der Waals surface area contributed by atoms with E-state index in [0.29, 0.717) is 18.1 Å². The number of benzene rings is 1. The Morgan fingerprint density at radius 3 is 2.73 bits per heavy atom. The van der Waals surface area contributed by atoms with Crippen molar-refractivity contribution < 1.29 is 23.9 Å². The van der Waals surface area contributed by atoms with Gasteiger partial charge in [0.15, 0.2) is 6.29 Å². The lowest BCUT2D eigenvalue weighted by atomic mass is 9.96. The summed E-state index contributed by atoms with van der Waals surface area (Å²) >= 11 is 5.91. The van der Waals surface area contributed by atoms with Crippen molar-refractivity contribution in [2.45, 2.75) is 12.2 Å². The third-order valence-corrected chi connectivity index (χ3v) is 3.67. The number of aliphatic carboxylic acids is 1. The summed E-state index contributed by atoms with van der Waals surface area (Å²) in [5.41, 5.74) is 0.546. The number of aldehydes is 2. The van der Waals surface area contributed by atoms with Crippen molar-refractivity contribution in [1.29, 1.82) is 0 Å². The summed E-state index contributed by atoms with van der Waals surface area (Å²) in [7, 11) is 0. The van der Waals surface area contributed by atoms with Gasteiger partial charge < -0.3 is 15.2 Å². The number of carboxylic acid groups (broad SMARTS) is 1. The van der Waals surface area contributed by atoms with E-state index in [1.54, 1.807) is 0 Å². The summed E-state index contributed by atoms with van der Waals surface area (Å²) in [6, 6.07) is 3.07. The van der Waals surface area contributed by atoms with Crippen LogP contribution < -0.4 is 5.32 Å². The number of carboxylic acids is 1. The van der Waals surface area contributed by atoms with Gasteiger partial charge in [0.25, 0.3) is 0 Å². The Labute approximate surface area is 130 Å². The molecular weight excluding hydrogens is 315 g/mol. The number of nitrogens with one attached hydrogen (secondary N) is 1. The van der Waals surface area contributed by atoms with Crippen LogP contribution in [0.5, 0.6) is 0 Å². The molecule has 0 saturated carbocycles. The molecule has 22 heavy (non-hydrogen) atoms. The number of nitrogens with zero attached hydrogens (tertiary/aromatic N) is 1. The van der Waals surface area contributed by atoms with Gasteiger partial charge in [-0.2, -0.15) is 0 Å². The topological polar surface area (TPSA) is 86.7 Å². The number of hydrogen-bond acceptors (Lipinski definition) is 5. The lowest BCUT2D eigenvalue weighted by Crippen LogP contribution is -2.56. The Hall–Kier alpha value is -2.25. The van der Waals surface area contributed by atoms with Gasteiger partial charge >= 0.3 is 5.97 Å². The van der Waals surface area contributed by atoms with Crippen molar-refractivity contribution in [3.63, 3.8) is 0 Å². The summed E-state index contributed by atoms with van der Waals surface area (Å²) in [4.78, 5) is 34.6. The van der Waals surface area contributed by atoms with Crippen LogP contribution in [0.25, 0.3) is 5.57 Å². The maximum absolute atomic E-state index is 13.6. The highest BCUT2D eigenvalue weighted by Crippen LogP contribution is 2.31. The zero-order chi connectivity index (χ0) is 16.3. The van der Waals surface area contributed by atoms with Crippen LogP contribution in [-0.4, -0.2) is 47.3 Å². The molecule has 0 fully saturated rings. The maximum Gasteiger partial charge on any atom is 0.317 e. The minimum atomic E-state index is -1.20. The Bertz CT molecular complexity index is 650. The van der Waals surface area contributed by atoms with Gasteiger partial charge in [0.05, 0.1) is 17.6 Å². The highest BCUT2D eigenvalue weighted by Gasteiger charge is 2.34. The van der Waals surface area contributed by atoms with E-state index >= 15 is 0 Å². The van der Waals surface area contributed by atoms with Crippen molar-refractivity contribution in [1.82, 2.24) is 10.2 Å². The summed E-state index contributed by atoms with van der Waals surface area (Å²) in [6.45, 7) is -0.538. The molecule has 1 aliphatic heterocycles. The second kappa shape index (κ2) is 6.67. The first kappa shape index (κ1) is 16.1. The van der Waals surface area contributed by atoms with Crippen LogP contribution in [0, 0.1) is 5.82 Å². The molecule has 2 N–H and O–H groups in total. The highest BCUT2D eigenvalue weighted by atomic mass is 35.5. The fourth-order valence-electron chi connectivity index (χ4n) is 2.29. The van der Waals surface area contributed by atoms with E-state index in [1.165, 1.54) is 24.4 Å². The molecule has 116 valence electrons. The van der Waals surface area contributed by atoms with Gasteiger partial charge in [-0.15, -0.1) is 0 Å². The molecule has 1 aromatic carbocycles. The summed E-state index contributed by atoms with van der Waals surface area (Å²) < 4.78 is 13.6. The number of halogens is 2. The number of carbonyl (C=O) groups excluding carboxylic acids is 2. The second-order valence-electron chi connectivity index (χ2n) is 4.60. The quantitative estimate of drug-likeness (QED) is 0.782. The van der Waals surface area contributed by atoms with Gasteiger partial charge in [0.2, 0.25) is 0 Å². The standard InChI is InChI=1S/C14H12ClFN2O4/c15-14-8(2-1-3-10(14)16)9-4-17-12(7-20)18(5-13(21)22)11(9)6-19/h1-4,6-7,11-12,17H,5H2,(H,21,22). The Morgan fingerprint density at radius 2 is 2.14 bits per heavy atom. The molecule has 1 aliphatic rings. The molecule has 0 saturated heterocycles. The highest BCUT2D eigenvalue weighted by molar-refractivity contribution is 6.32. The summed E-state index contributed by atoms with van der Waals surface area (Å²) in [5.74, 6) is -1.86. The van der Waals surface area contributed by atoms with Gasteiger partial charge in [-0.3, -0.25) is 14.5 Å². The molecule has 1 heterocycles. The predicted molar refractivity (Wildman–Crippen MR) is 76.6 cm³/mol. The maximum atomic E-state index is 13.6. The summed E-state index contributed by atoms with van der Waals surface area (Å²) in [5, 5.41) is 11.4. The number of rotatable bonds is 5. The SMILES string of the molecule is O=CC1NC=C(c2cccc(F)c2Cl)C(C=O)N1CC(=O)O. The lowest BCUT2D eigenvalue weighted by molar-refractivity contribution is -0.140. The Kier molecular flexibility index (Phi) is 4.89. The van der Waals surface area contributed by atoms with E-state index in [0.717, 1.165) is 4.90 Å². The zero-order valence-electron chi connectivity index (χ0n) is 11.2. The molecule has 0 aromatic heterocycles. The van der Waals surface area contributed by atoms with Gasteiger partial charge in [-0.05, 0) is 6.07 Å². The molecule has 0 bridgehead atoms. The first-order chi connectivity index (χ1) is 10.5. The molecule has 0 amide bonds. The summed E-state index contributed by atoms with van der Waals surface area (Å²) in [6.07, 6.45) is 1.38. The molecular formula is C14H12ClFN2O4. The van der Waals surface area contributed by atoms with Crippen LogP contribution >= 0.6 is 11.6 Å². The first-order valence-electron chi connectivity index (χ1n) is 6.28. The largest absolute Gasteiger partial charge is 0.480 e. The first-order valence-corrected chi connectivity index (χ1v) is 6.66. The molecule has 0 spiro atoms. The monoisotopic (exact) mass is 326 g/mol. The van der Waals surface area contributed by atoms with E-state index in [9.17, 15) is 18.8 Å². The fourth-order valence-corrected chi connectivity index (χ4v) is 2.53. The molecule has 1 aromatic rings. The minimum absolute atomic E-state index is 0.178. The molecule has 8 heteroatoms. The van der Waals surface area contributed by atoms with Crippen LogP contribution in [0.1, 0.15) is 5.56 Å².